The van der Waals surface area contributed by atoms with Crippen molar-refractivity contribution in [2.24, 2.45) is 153 Å². The summed E-state index contributed by atoms with van der Waals surface area (Å²) < 4.78 is 0. The van der Waals surface area contributed by atoms with Gasteiger partial charge in [0.2, 0.25) is 0 Å². The molecular weight excluding hydrogens is 1440 g/mol. The second-order valence-corrected chi connectivity index (χ2v) is 50.0. The van der Waals surface area contributed by atoms with E-state index in [0.29, 0.717) is 10.8 Å². The van der Waals surface area contributed by atoms with Crippen LogP contribution in [0.1, 0.15) is 618 Å². The van der Waals surface area contributed by atoms with Crippen molar-refractivity contribution in [2.75, 3.05) is 0 Å². The third kappa shape index (κ3) is 66.4. The molecule has 4 fully saturated rings. The topological polar surface area (TPSA) is 0 Å². The molecule has 0 nitrogen and oxygen atoms in total. The molecule has 120 heavy (non-hydrogen) atoms. The third-order valence-electron chi connectivity index (χ3n) is 33.6. The van der Waals surface area contributed by atoms with E-state index >= 15 is 0 Å². The first-order valence-electron chi connectivity index (χ1n) is 57.1. The van der Waals surface area contributed by atoms with E-state index in [2.05, 4.69) is 194 Å². The van der Waals surface area contributed by atoms with Gasteiger partial charge in [-0.3, -0.25) is 0 Å². The van der Waals surface area contributed by atoms with Crippen molar-refractivity contribution in [3.63, 3.8) is 0 Å². The average Bonchev–Trinajstić information content (AvgIpc) is 0.840. The number of hydrogen-bond donors (Lipinski definition) is 0. The first kappa shape index (κ1) is 118. The molecule has 14 unspecified atom stereocenters. The van der Waals surface area contributed by atoms with Crippen LogP contribution in [0.5, 0.6) is 0 Å². The van der Waals surface area contributed by atoms with Gasteiger partial charge in [-0.2, -0.15) is 0 Å². The van der Waals surface area contributed by atoms with E-state index in [1.54, 1.807) is 12.8 Å². The van der Waals surface area contributed by atoms with Crippen LogP contribution in [-0.4, -0.2) is 0 Å². The minimum Gasteiger partial charge on any atom is -0.0649 e. The molecule has 4 rings (SSSR count). The molecule has 720 valence electrons. The van der Waals surface area contributed by atoms with Crippen LogP contribution in [0.15, 0.2) is 0 Å². The van der Waals surface area contributed by atoms with Crippen LogP contribution in [0, 0.1) is 153 Å². The second kappa shape index (κ2) is 73.6. The molecule has 14 atom stereocenters. The van der Waals surface area contributed by atoms with Gasteiger partial charge in [0.1, 0.15) is 0 Å². The third-order valence-corrected chi connectivity index (χ3v) is 33.6. The van der Waals surface area contributed by atoms with Crippen molar-refractivity contribution < 1.29 is 0 Å². The van der Waals surface area contributed by atoms with Crippen LogP contribution in [0.3, 0.4) is 0 Å². The van der Waals surface area contributed by atoms with Gasteiger partial charge < -0.3 is 0 Å². The minimum atomic E-state index is 0.698. The van der Waals surface area contributed by atoms with Gasteiger partial charge in [0.25, 0.3) is 0 Å². The van der Waals surface area contributed by atoms with Gasteiger partial charge in [0.15, 0.2) is 0 Å². The average molecular weight is 1680 g/mol. The summed E-state index contributed by atoms with van der Waals surface area (Å²) in [5.74, 6) is 22.8. The van der Waals surface area contributed by atoms with Crippen molar-refractivity contribution in [3.8, 4) is 0 Å². The van der Waals surface area contributed by atoms with E-state index in [0.717, 1.165) is 142 Å². The minimum absolute atomic E-state index is 0.698. The van der Waals surface area contributed by atoms with Gasteiger partial charge in [-0.05, 0) is 223 Å². The van der Waals surface area contributed by atoms with Gasteiger partial charge in [-0.1, -0.05) is 547 Å². The predicted octanol–water partition coefficient (Wildman–Crippen LogP) is 43.1. The first-order valence-corrected chi connectivity index (χ1v) is 57.1. The summed E-state index contributed by atoms with van der Waals surface area (Å²) in [5.41, 5.74) is 1.40. The fourth-order valence-electron chi connectivity index (χ4n) is 23.9. The summed E-state index contributed by atoms with van der Waals surface area (Å²) in [6, 6.07) is 0. The Morgan fingerprint density at radius 3 is 0.758 bits per heavy atom. The summed E-state index contributed by atoms with van der Waals surface area (Å²) in [5, 5.41) is 0. The molecular formula is C120H240. The molecule has 4 aliphatic carbocycles. The number of rotatable bonds is 68. The largest absolute Gasteiger partial charge is 0.0649 e. The zero-order valence-corrected chi connectivity index (χ0v) is 89.5. The Labute approximate surface area is 765 Å². The number of hydrogen-bond acceptors (Lipinski definition) is 0. The van der Waals surface area contributed by atoms with Crippen LogP contribution in [-0.2, 0) is 0 Å². The lowest BCUT2D eigenvalue weighted by atomic mass is 9.64. The maximum atomic E-state index is 2.58. The molecule has 0 aromatic rings. The second-order valence-electron chi connectivity index (χ2n) is 50.0. The van der Waals surface area contributed by atoms with E-state index in [1.165, 1.54) is 411 Å². The maximum Gasteiger partial charge on any atom is -0.0297 e. The molecule has 0 aromatic heterocycles. The van der Waals surface area contributed by atoms with Crippen LogP contribution < -0.4 is 0 Å². The van der Waals surface area contributed by atoms with E-state index in [1.807, 2.05) is 0 Å². The molecule has 0 spiro atoms. The molecule has 0 amide bonds. The summed E-state index contributed by atoms with van der Waals surface area (Å²) in [7, 11) is 0. The van der Waals surface area contributed by atoms with Crippen molar-refractivity contribution in [3.05, 3.63) is 0 Å². The summed E-state index contributed by atoms with van der Waals surface area (Å²) in [6.45, 7) is 67.8. The molecule has 0 heterocycles. The summed E-state index contributed by atoms with van der Waals surface area (Å²) >= 11 is 0. The SMILES string of the molecule is CC(C)CCCC(C)CCCC1CCC(C(C)CCCC(C)CCCC(C)C)CC1.CC(C)CCCC(C)CCCC1CCCC(C(C)CCCC(C)CCCC(C)C)C1.CCC1(CCCC(C)CCCC(C)C)CCC(CCCC(C)CCCC(C)C)CC1.CCC1(CCCC(C)CCCC(C)C)CCCC(CCCC(C)CCCC(C)C)C1. The molecule has 0 heteroatoms. The lowest BCUT2D eigenvalue weighted by molar-refractivity contribution is 0.107. The highest BCUT2D eigenvalue weighted by Crippen LogP contribution is 2.50. The molecule has 4 saturated carbocycles. The van der Waals surface area contributed by atoms with Crippen LogP contribution in [0.25, 0.3) is 0 Å². The molecule has 4 aliphatic rings. The van der Waals surface area contributed by atoms with Crippen LogP contribution >= 0.6 is 0 Å². The Hall–Kier alpha value is 0. The maximum absolute atomic E-state index is 2.58. The quantitative estimate of drug-likeness (QED) is 0.0569. The van der Waals surface area contributed by atoms with E-state index in [4.69, 9.17) is 0 Å². The molecule has 0 aromatic carbocycles. The van der Waals surface area contributed by atoms with E-state index in [-0.39, 0.29) is 0 Å². The van der Waals surface area contributed by atoms with Crippen molar-refractivity contribution in [1.82, 2.24) is 0 Å². The van der Waals surface area contributed by atoms with E-state index in [9.17, 15) is 0 Å². The normalized spacial score (nSPS) is 23.8. The Morgan fingerprint density at radius 2 is 0.450 bits per heavy atom. The van der Waals surface area contributed by atoms with Crippen molar-refractivity contribution in [2.45, 2.75) is 618 Å². The van der Waals surface area contributed by atoms with Crippen molar-refractivity contribution >= 4 is 0 Å². The van der Waals surface area contributed by atoms with Gasteiger partial charge in [-0.15, -0.1) is 0 Å². The van der Waals surface area contributed by atoms with Crippen molar-refractivity contribution in [1.29, 1.82) is 0 Å². The Balaban J connectivity index is 0.000000800. The standard InChI is InChI=1S/4C30H60/c1-24(2)13-8-15-26(5)17-10-19-28(7)30-22-12-21-29(23-30)20-11-18-27(6)16-9-14-25(3)4;1-24(2)12-8-14-26(5)16-10-18-28(7)30-22-20-29(21-23-30)19-11-17-27(6)15-9-13-25(3)4;1-8-30(22-12-19-28(7)17-10-15-26(4)5)23-13-21-29(24-30)20-11-18-27(6)16-9-14-25(2)3;1-8-30(22-12-18-28(7)16-10-14-26(4)5)23-20-29(21-24-30)19-11-17-27(6)15-9-13-25(2)3/h2*24-30H,8-23H2,1-7H3;2*25-29H,8-24H2,1-7H3. The van der Waals surface area contributed by atoms with Crippen LogP contribution in [0.2, 0.25) is 0 Å². The smallest absolute Gasteiger partial charge is 0.0297 e. The fourth-order valence-corrected chi connectivity index (χ4v) is 23.9. The fraction of sp³-hybridized carbons (Fsp3) is 1.00. The van der Waals surface area contributed by atoms with E-state index < -0.39 is 0 Å². The molecule has 0 saturated heterocycles. The molecule has 0 aliphatic heterocycles. The highest BCUT2D eigenvalue weighted by atomic mass is 14.4. The lowest BCUT2D eigenvalue weighted by Crippen LogP contribution is -2.28. The highest BCUT2D eigenvalue weighted by molar-refractivity contribution is 4.88. The van der Waals surface area contributed by atoms with Gasteiger partial charge in [0.05, 0.1) is 0 Å². The molecule has 0 bridgehead atoms. The predicted molar refractivity (Wildman–Crippen MR) is 552 cm³/mol. The highest BCUT2D eigenvalue weighted by Gasteiger charge is 2.36. The Bertz CT molecular complexity index is 2110. The van der Waals surface area contributed by atoms with Gasteiger partial charge in [-0.25, -0.2) is 0 Å². The monoisotopic (exact) mass is 1680 g/mol. The van der Waals surface area contributed by atoms with Crippen LogP contribution in [0.4, 0.5) is 0 Å². The van der Waals surface area contributed by atoms with Gasteiger partial charge in [0, 0.05) is 0 Å². The Kier molecular flexibility index (Phi) is 72.4. The van der Waals surface area contributed by atoms with Gasteiger partial charge >= 0.3 is 0 Å². The summed E-state index contributed by atoms with van der Waals surface area (Å²) in [4.78, 5) is 0. The lowest BCUT2D eigenvalue weighted by Gasteiger charge is -2.41. The molecule has 0 N–H and O–H groups in total. The zero-order chi connectivity index (χ0) is 89.5. The molecule has 0 radical (unpaired) electrons. The first-order chi connectivity index (χ1) is 57.1. The Morgan fingerprint density at radius 1 is 0.200 bits per heavy atom. The zero-order valence-electron chi connectivity index (χ0n) is 89.5. The summed E-state index contributed by atoms with van der Waals surface area (Å²) in [6.07, 6.45) is 97.5.